The maximum Gasteiger partial charge on any atom is 0.198 e. The molecule has 0 amide bonds. The molecule has 5 nitrogen and oxygen atoms in total. The number of nitrogens with zero attached hydrogens (tertiary/aromatic N) is 4. The molecule has 1 aliphatic rings. The molecule has 1 aliphatic heterocycles. The molecule has 168 valence electrons. The fraction of sp³-hybridized carbons (Fsp3) is 0.435. The number of rotatable bonds is 7. The molecule has 0 saturated heterocycles. The summed E-state index contributed by atoms with van der Waals surface area (Å²) in [5.74, 6) is 1.74. The van der Waals surface area contributed by atoms with Gasteiger partial charge in [0.15, 0.2) is 16.0 Å². The predicted molar refractivity (Wildman–Crippen MR) is 135 cm³/mol. The molecular formula is C23H25ClN4OS3. The highest BCUT2D eigenvalue weighted by Crippen LogP contribution is 2.42. The first-order valence-electron chi connectivity index (χ1n) is 10.9. The third-order valence-electron chi connectivity index (χ3n) is 5.92. The first-order chi connectivity index (χ1) is 15.5. The van der Waals surface area contributed by atoms with Crippen LogP contribution in [0.5, 0.6) is 0 Å². The second-order valence-corrected chi connectivity index (χ2v) is 11.7. The maximum absolute atomic E-state index is 6.38. The van der Waals surface area contributed by atoms with Crippen LogP contribution in [0.4, 0.5) is 0 Å². The van der Waals surface area contributed by atoms with E-state index >= 15 is 0 Å². The summed E-state index contributed by atoms with van der Waals surface area (Å²) >= 11 is 11.5. The Hall–Kier alpha value is -1.32. The van der Waals surface area contributed by atoms with E-state index in [9.17, 15) is 0 Å². The third-order valence-corrected chi connectivity index (χ3v) is 9.51. The zero-order chi connectivity index (χ0) is 22.3. The topological polar surface area (TPSA) is 52.3 Å². The van der Waals surface area contributed by atoms with Gasteiger partial charge in [-0.3, -0.25) is 0 Å². The fourth-order valence-corrected chi connectivity index (χ4v) is 7.16. The Bertz CT molecular complexity index is 1290. The van der Waals surface area contributed by atoms with Crippen LogP contribution in [0.25, 0.3) is 15.9 Å². The number of halogens is 1. The van der Waals surface area contributed by atoms with Crippen molar-refractivity contribution in [3.63, 3.8) is 0 Å². The molecule has 0 radical (unpaired) electrons. The van der Waals surface area contributed by atoms with Gasteiger partial charge in [0.25, 0.3) is 0 Å². The van der Waals surface area contributed by atoms with Gasteiger partial charge >= 0.3 is 0 Å². The van der Waals surface area contributed by atoms with Gasteiger partial charge in [0.2, 0.25) is 0 Å². The van der Waals surface area contributed by atoms with E-state index in [1.807, 2.05) is 18.2 Å². The van der Waals surface area contributed by atoms with Gasteiger partial charge in [-0.1, -0.05) is 67.2 Å². The second-order valence-electron chi connectivity index (χ2n) is 8.22. The number of aromatic nitrogens is 4. The van der Waals surface area contributed by atoms with Gasteiger partial charge in [-0.15, -0.1) is 21.5 Å². The Labute approximate surface area is 205 Å². The number of thioether (sulfide) groups is 2. The number of thiophene rings is 1. The molecule has 9 heteroatoms. The smallest absolute Gasteiger partial charge is 0.198 e. The predicted octanol–water partition coefficient (Wildman–Crippen LogP) is 7.03. The maximum atomic E-state index is 6.38. The first-order valence-corrected chi connectivity index (χ1v) is 14.0. The zero-order valence-electron chi connectivity index (χ0n) is 18.4. The van der Waals surface area contributed by atoms with Gasteiger partial charge in [0.1, 0.15) is 4.83 Å². The minimum Gasteiger partial charge on any atom is -0.369 e. The summed E-state index contributed by atoms with van der Waals surface area (Å²) in [5.41, 5.74) is 3.19. The van der Waals surface area contributed by atoms with Crippen LogP contribution >= 0.6 is 46.5 Å². The summed E-state index contributed by atoms with van der Waals surface area (Å²) in [6.45, 7) is 7.22. The van der Waals surface area contributed by atoms with Crippen LogP contribution in [0.3, 0.4) is 0 Å². The van der Waals surface area contributed by atoms with Crippen molar-refractivity contribution < 1.29 is 4.74 Å². The molecule has 5 rings (SSSR count). The molecule has 4 heterocycles. The van der Waals surface area contributed by atoms with Crippen molar-refractivity contribution in [3.05, 3.63) is 45.3 Å². The highest BCUT2D eigenvalue weighted by Gasteiger charge is 2.33. The largest absolute Gasteiger partial charge is 0.369 e. The number of fused-ring (bicyclic) bond motifs is 5. The molecule has 0 fully saturated rings. The first kappa shape index (κ1) is 22.5. The molecule has 0 spiro atoms. The van der Waals surface area contributed by atoms with Gasteiger partial charge in [-0.2, -0.15) is 0 Å². The Morgan fingerprint density at radius 1 is 1.19 bits per heavy atom. The summed E-state index contributed by atoms with van der Waals surface area (Å²) in [4.78, 5) is 7.41. The van der Waals surface area contributed by atoms with Gasteiger partial charge in [0, 0.05) is 27.8 Å². The number of ether oxygens (including phenoxy) is 1. The lowest BCUT2D eigenvalue weighted by molar-refractivity contribution is -0.0542. The van der Waals surface area contributed by atoms with Crippen molar-refractivity contribution in [2.45, 2.75) is 68.3 Å². The summed E-state index contributed by atoms with van der Waals surface area (Å²) in [5, 5.41) is 13.0. The molecule has 0 bridgehead atoms. The quantitative estimate of drug-likeness (QED) is 0.199. The monoisotopic (exact) mass is 504 g/mol. The third kappa shape index (κ3) is 4.05. The van der Waals surface area contributed by atoms with Crippen LogP contribution in [-0.4, -0.2) is 30.9 Å². The van der Waals surface area contributed by atoms with Crippen molar-refractivity contribution in [3.8, 4) is 0 Å². The molecule has 1 aromatic carbocycles. The minimum absolute atomic E-state index is 0.144. The van der Waals surface area contributed by atoms with E-state index in [4.69, 9.17) is 21.3 Å². The Morgan fingerprint density at radius 3 is 2.81 bits per heavy atom. The van der Waals surface area contributed by atoms with Crippen molar-refractivity contribution in [2.24, 2.45) is 0 Å². The molecule has 0 aliphatic carbocycles. The molecule has 4 aromatic rings. The van der Waals surface area contributed by atoms with Crippen molar-refractivity contribution in [2.75, 3.05) is 5.75 Å². The van der Waals surface area contributed by atoms with E-state index in [1.165, 1.54) is 10.4 Å². The number of benzene rings is 1. The van der Waals surface area contributed by atoms with Gasteiger partial charge in [-0.25, -0.2) is 9.38 Å². The van der Waals surface area contributed by atoms with E-state index in [0.717, 1.165) is 67.5 Å². The lowest BCUT2D eigenvalue weighted by Crippen LogP contribution is -2.33. The SMILES string of the molecule is CCCSc1nc2sc3c(c2c2nnc(SCc4ccccc4Cl)n12)C[C@@](C)(CC)OC3. The molecule has 0 saturated carbocycles. The Balaban J connectivity index is 1.62. The average molecular weight is 505 g/mol. The van der Waals surface area contributed by atoms with Gasteiger partial charge < -0.3 is 4.74 Å². The van der Waals surface area contributed by atoms with Crippen LogP contribution in [0, 0.1) is 0 Å². The highest BCUT2D eigenvalue weighted by atomic mass is 35.5. The van der Waals surface area contributed by atoms with Crippen LogP contribution < -0.4 is 0 Å². The lowest BCUT2D eigenvalue weighted by Gasteiger charge is -2.33. The standard InChI is InChI=1S/C23H25ClN4OS3/c1-4-10-30-21-25-20-18(15-11-23(3,5-2)29-12-17(15)32-20)19-26-27-22(28(19)21)31-13-14-8-6-7-9-16(14)24/h6-9H,4-5,10-13H2,1-3H3/t23-/m1/s1. The van der Waals surface area contributed by atoms with Crippen LogP contribution in [0.2, 0.25) is 5.02 Å². The summed E-state index contributed by atoms with van der Waals surface area (Å²) in [6, 6.07) is 7.96. The van der Waals surface area contributed by atoms with Crippen molar-refractivity contribution in [1.82, 2.24) is 19.6 Å². The molecule has 3 aromatic heterocycles. The molecule has 0 unspecified atom stereocenters. The van der Waals surface area contributed by atoms with E-state index in [0.29, 0.717) is 6.61 Å². The summed E-state index contributed by atoms with van der Waals surface area (Å²) < 4.78 is 8.35. The van der Waals surface area contributed by atoms with E-state index in [1.54, 1.807) is 34.9 Å². The van der Waals surface area contributed by atoms with Crippen molar-refractivity contribution >= 4 is 62.3 Å². The van der Waals surface area contributed by atoms with Gasteiger partial charge in [-0.05, 0) is 37.0 Å². The summed E-state index contributed by atoms with van der Waals surface area (Å²) in [6.07, 6.45) is 2.94. The molecular weight excluding hydrogens is 480 g/mol. The van der Waals surface area contributed by atoms with E-state index in [2.05, 4.69) is 41.4 Å². The van der Waals surface area contributed by atoms with Crippen molar-refractivity contribution in [1.29, 1.82) is 0 Å². The normalized spacial score (nSPS) is 18.5. The van der Waals surface area contributed by atoms with Crippen LogP contribution in [0.1, 0.15) is 49.6 Å². The second kappa shape index (κ2) is 9.14. The van der Waals surface area contributed by atoms with Crippen LogP contribution in [-0.2, 0) is 23.5 Å². The van der Waals surface area contributed by atoms with E-state index in [-0.39, 0.29) is 5.60 Å². The van der Waals surface area contributed by atoms with Gasteiger partial charge in [0.05, 0.1) is 17.6 Å². The number of hydrogen-bond acceptors (Lipinski definition) is 7. The van der Waals surface area contributed by atoms with E-state index < -0.39 is 0 Å². The average Bonchev–Trinajstić information content (AvgIpc) is 3.37. The Kier molecular flexibility index (Phi) is 6.42. The molecule has 0 N–H and O–H groups in total. The fourth-order valence-electron chi connectivity index (χ4n) is 3.89. The number of hydrogen-bond donors (Lipinski definition) is 0. The van der Waals surface area contributed by atoms with Crippen LogP contribution in [0.15, 0.2) is 34.6 Å². The Morgan fingerprint density at radius 2 is 2.03 bits per heavy atom. The summed E-state index contributed by atoms with van der Waals surface area (Å²) in [7, 11) is 0. The zero-order valence-corrected chi connectivity index (χ0v) is 21.6. The molecule has 1 atom stereocenters. The molecule has 32 heavy (non-hydrogen) atoms. The lowest BCUT2D eigenvalue weighted by atomic mass is 9.90. The highest BCUT2D eigenvalue weighted by molar-refractivity contribution is 7.99. The minimum atomic E-state index is -0.144.